The van der Waals surface area contributed by atoms with E-state index in [9.17, 15) is 18.8 Å². The molecule has 0 aromatic heterocycles. The summed E-state index contributed by atoms with van der Waals surface area (Å²) in [7, 11) is 1.24. The van der Waals surface area contributed by atoms with Crippen LogP contribution in [0.2, 0.25) is 0 Å². The number of carbonyl (C=O) groups is 3. The summed E-state index contributed by atoms with van der Waals surface area (Å²) in [6.07, 6.45) is 0. The highest BCUT2D eigenvalue weighted by Gasteiger charge is 2.18. The van der Waals surface area contributed by atoms with Crippen molar-refractivity contribution >= 4 is 23.5 Å². The van der Waals surface area contributed by atoms with Gasteiger partial charge in [-0.15, -0.1) is 0 Å². The van der Waals surface area contributed by atoms with Crippen LogP contribution in [0.1, 0.15) is 22.8 Å². The summed E-state index contributed by atoms with van der Waals surface area (Å²) in [6.45, 7) is 0.990. The Morgan fingerprint density at radius 2 is 1.73 bits per heavy atom. The summed E-state index contributed by atoms with van der Waals surface area (Å²) < 4.78 is 18.5. The first kappa shape index (κ1) is 19.1. The number of ether oxygens (including phenoxy) is 1. The molecule has 1 N–H and O–H groups in total. The molecule has 2 amide bonds. The van der Waals surface area contributed by atoms with Crippen molar-refractivity contribution < 1.29 is 23.5 Å². The predicted octanol–water partition coefficient (Wildman–Crippen LogP) is 2.60. The summed E-state index contributed by atoms with van der Waals surface area (Å²) in [5.74, 6) is -1.91. The lowest BCUT2D eigenvalue weighted by Gasteiger charge is -2.21. The van der Waals surface area contributed by atoms with Gasteiger partial charge in [0.05, 0.1) is 18.4 Å². The van der Waals surface area contributed by atoms with Gasteiger partial charge in [-0.25, -0.2) is 9.18 Å². The Labute approximate surface area is 150 Å². The molecule has 0 heterocycles. The van der Waals surface area contributed by atoms with Crippen LogP contribution in [0, 0.1) is 5.82 Å². The van der Waals surface area contributed by atoms with E-state index in [1.807, 2.05) is 0 Å². The second-order valence-corrected chi connectivity index (χ2v) is 5.55. The van der Waals surface area contributed by atoms with Crippen molar-refractivity contribution in [2.24, 2.45) is 0 Å². The van der Waals surface area contributed by atoms with Crippen molar-refractivity contribution in [3.05, 3.63) is 65.5 Å². The van der Waals surface area contributed by atoms with Gasteiger partial charge in [0.2, 0.25) is 11.8 Å². The molecule has 0 radical (unpaired) electrons. The quantitative estimate of drug-likeness (QED) is 0.806. The molecule has 0 aliphatic heterocycles. The molecule has 2 aromatic rings. The van der Waals surface area contributed by atoms with Gasteiger partial charge < -0.3 is 15.0 Å². The number of rotatable bonds is 6. The molecule has 2 rings (SSSR count). The van der Waals surface area contributed by atoms with Crippen LogP contribution in [0.25, 0.3) is 0 Å². The molecule has 0 fully saturated rings. The molecule has 0 saturated carbocycles. The molecule has 0 spiro atoms. The lowest BCUT2D eigenvalue weighted by molar-refractivity contribution is -0.133. The SMILES string of the molecule is COC(=O)c1ccccc1NC(=O)CN(Cc1ccccc1F)C(C)=O. The molecule has 6 nitrogen and oxygen atoms in total. The molecule has 2 aromatic carbocycles. The summed E-state index contributed by atoms with van der Waals surface area (Å²) in [5, 5.41) is 2.58. The van der Waals surface area contributed by atoms with Crippen LogP contribution < -0.4 is 5.32 Å². The van der Waals surface area contributed by atoms with Gasteiger partial charge >= 0.3 is 5.97 Å². The molecular formula is C19H19FN2O4. The van der Waals surface area contributed by atoms with E-state index in [1.54, 1.807) is 36.4 Å². The Hall–Kier alpha value is -3.22. The third kappa shape index (κ3) is 4.89. The summed E-state index contributed by atoms with van der Waals surface area (Å²) in [4.78, 5) is 37.1. The van der Waals surface area contributed by atoms with Crippen molar-refractivity contribution in [3.63, 3.8) is 0 Å². The average Bonchev–Trinajstić information content (AvgIpc) is 2.62. The number of esters is 1. The molecule has 0 aliphatic rings. The van der Waals surface area contributed by atoms with Gasteiger partial charge in [0.25, 0.3) is 0 Å². The second-order valence-electron chi connectivity index (χ2n) is 5.55. The van der Waals surface area contributed by atoms with E-state index in [1.165, 1.54) is 31.1 Å². The van der Waals surface area contributed by atoms with Crippen molar-refractivity contribution in [1.29, 1.82) is 0 Å². The Balaban J connectivity index is 2.11. The smallest absolute Gasteiger partial charge is 0.339 e. The third-order valence-corrected chi connectivity index (χ3v) is 3.71. The number of anilines is 1. The van der Waals surface area contributed by atoms with Gasteiger partial charge in [-0.1, -0.05) is 30.3 Å². The predicted molar refractivity (Wildman–Crippen MR) is 93.9 cm³/mol. The van der Waals surface area contributed by atoms with E-state index in [0.717, 1.165) is 0 Å². The van der Waals surface area contributed by atoms with E-state index in [0.29, 0.717) is 5.56 Å². The van der Waals surface area contributed by atoms with Gasteiger partial charge in [-0.2, -0.15) is 0 Å². The van der Waals surface area contributed by atoms with Crippen molar-refractivity contribution in [1.82, 2.24) is 4.90 Å². The maximum Gasteiger partial charge on any atom is 0.339 e. The van der Waals surface area contributed by atoms with Crippen LogP contribution in [-0.4, -0.2) is 36.3 Å². The van der Waals surface area contributed by atoms with Gasteiger partial charge in [0.1, 0.15) is 12.4 Å². The second kappa shape index (κ2) is 8.75. The van der Waals surface area contributed by atoms with E-state index >= 15 is 0 Å². The number of nitrogens with one attached hydrogen (secondary N) is 1. The molecular weight excluding hydrogens is 339 g/mol. The normalized spacial score (nSPS) is 10.1. The first-order valence-corrected chi connectivity index (χ1v) is 7.88. The van der Waals surface area contributed by atoms with E-state index in [4.69, 9.17) is 0 Å². The van der Waals surface area contributed by atoms with Crippen molar-refractivity contribution in [3.8, 4) is 0 Å². The topological polar surface area (TPSA) is 75.7 Å². The van der Waals surface area contributed by atoms with Gasteiger partial charge in [0.15, 0.2) is 0 Å². The summed E-state index contributed by atoms with van der Waals surface area (Å²) in [6, 6.07) is 12.4. The molecule has 136 valence electrons. The molecule has 26 heavy (non-hydrogen) atoms. The first-order valence-electron chi connectivity index (χ1n) is 7.88. The summed E-state index contributed by atoms with van der Waals surface area (Å²) >= 11 is 0. The van der Waals surface area contributed by atoms with Crippen LogP contribution in [0.15, 0.2) is 48.5 Å². The minimum absolute atomic E-state index is 0.0337. The molecule has 0 atom stereocenters. The lowest BCUT2D eigenvalue weighted by Crippen LogP contribution is -2.36. The number of hydrogen-bond donors (Lipinski definition) is 1. The number of methoxy groups -OCH3 is 1. The molecule has 0 bridgehead atoms. The highest BCUT2D eigenvalue weighted by Crippen LogP contribution is 2.16. The van der Waals surface area contributed by atoms with Crippen molar-refractivity contribution in [2.75, 3.05) is 19.0 Å². The zero-order valence-corrected chi connectivity index (χ0v) is 14.5. The largest absolute Gasteiger partial charge is 0.465 e. The number of hydrogen-bond acceptors (Lipinski definition) is 4. The Morgan fingerprint density at radius 3 is 2.38 bits per heavy atom. The number of carbonyl (C=O) groups excluding carboxylic acids is 3. The fourth-order valence-electron chi connectivity index (χ4n) is 2.35. The summed E-state index contributed by atoms with van der Waals surface area (Å²) in [5.41, 5.74) is 0.788. The molecule has 0 aliphatic carbocycles. The minimum atomic E-state index is -0.587. The Kier molecular flexibility index (Phi) is 6.43. The average molecular weight is 358 g/mol. The fourth-order valence-corrected chi connectivity index (χ4v) is 2.35. The van der Waals surface area contributed by atoms with Crippen LogP contribution in [0.5, 0.6) is 0 Å². The minimum Gasteiger partial charge on any atom is -0.465 e. The highest BCUT2D eigenvalue weighted by molar-refractivity contribution is 6.02. The standard InChI is InChI=1S/C19H19FN2O4/c1-13(23)22(11-14-7-3-5-9-16(14)20)12-18(24)21-17-10-6-4-8-15(17)19(25)26-2/h3-10H,11-12H2,1-2H3,(H,21,24). The highest BCUT2D eigenvalue weighted by atomic mass is 19.1. The molecule has 0 unspecified atom stereocenters. The van der Waals surface area contributed by atoms with Crippen LogP contribution in [0.4, 0.5) is 10.1 Å². The number of amides is 2. The molecule has 7 heteroatoms. The zero-order chi connectivity index (χ0) is 19.1. The van der Waals surface area contributed by atoms with Gasteiger partial charge in [-0.05, 0) is 18.2 Å². The third-order valence-electron chi connectivity index (χ3n) is 3.71. The number of para-hydroxylation sites is 1. The fraction of sp³-hybridized carbons (Fsp3) is 0.211. The Bertz CT molecular complexity index is 823. The van der Waals surface area contributed by atoms with Crippen LogP contribution >= 0.6 is 0 Å². The maximum absolute atomic E-state index is 13.8. The Morgan fingerprint density at radius 1 is 1.08 bits per heavy atom. The zero-order valence-electron chi connectivity index (χ0n) is 14.5. The van der Waals surface area contributed by atoms with Crippen LogP contribution in [-0.2, 0) is 20.9 Å². The molecule has 0 saturated heterocycles. The first-order chi connectivity index (χ1) is 12.4. The maximum atomic E-state index is 13.8. The number of nitrogens with zero attached hydrogens (tertiary/aromatic N) is 1. The monoisotopic (exact) mass is 358 g/mol. The van der Waals surface area contributed by atoms with Gasteiger partial charge in [-0.3, -0.25) is 9.59 Å². The van der Waals surface area contributed by atoms with E-state index < -0.39 is 17.7 Å². The van der Waals surface area contributed by atoms with Crippen LogP contribution in [0.3, 0.4) is 0 Å². The van der Waals surface area contributed by atoms with E-state index in [-0.39, 0.29) is 30.2 Å². The lowest BCUT2D eigenvalue weighted by atomic mass is 10.1. The number of benzene rings is 2. The van der Waals surface area contributed by atoms with Gasteiger partial charge in [0, 0.05) is 19.0 Å². The van der Waals surface area contributed by atoms with E-state index in [2.05, 4.69) is 10.1 Å². The van der Waals surface area contributed by atoms with Crippen molar-refractivity contribution in [2.45, 2.75) is 13.5 Å². The number of halogens is 1.